The number of thiophene rings is 1. The normalized spacial score (nSPS) is 18.2. The lowest BCUT2D eigenvalue weighted by Crippen LogP contribution is -2.48. The summed E-state index contributed by atoms with van der Waals surface area (Å²) in [4.78, 5) is 31.5. The third-order valence-corrected chi connectivity index (χ3v) is 4.91. The average Bonchev–Trinajstić information content (AvgIpc) is 3.05. The van der Waals surface area contributed by atoms with Crippen molar-refractivity contribution in [2.24, 2.45) is 0 Å². The second-order valence-corrected chi connectivity index (χ2v) is 6.31. The van der Waals surface area contributed by atoms with Crippen molar-refractivity contribution in [1.29, 1.82) is 0 Å². The van der Waals surface area contributed by atoms with Crippen LogP contribution >= 0.6 is 11.3 Å². The molecule has 22 heavy (non-hydrogen) atoms. The van der Waals surface area contributed by atoms with E-state index in [1.54, 1.807) is 24.5 Å². The van der Waals surface area contributed by atoms with Gasteiger partial charge in [-0.1, -0.05) is 6.07 Å². The molecule has 1 aliphatic rings. The van der Waals surface area contributed by atoms with Crippen LogP contribution in [0.3, 0.4) is 0 Å². The zero-order chi connectivity index (χ0) is 15.5. The number of piperazine rings is 1. The molecule has 0 radical (unpaired) electrons. The monoisotopic (exact) mass is 315 g/mol. The van der Waals surface area contributed by atoms with Crippen molar-refractivity contribution in [2.45, 2.75) is 13.0 Å². The van der Waals surface area contributed by atoms with Gasteiger partial charge in [0.15, 0.2) is 5.78 Å². The van der Waals surface area contributed by atoms with Gasteiger partial charge in [0, 0.05) is 32.0 Å². The lowest BCUT2D eigenvalue weighted by atomic mass is 10.1. The molecule has 0 aromatic carbocycles. The lowest BCUT2D eigenvalue weighted by Gasteiger charge is -2.36. The molecule has 0 bridgehead atoms. The number of ketones is 1. The standard InChI is InChI=1S/C16H17N3O2S/c1-11(20)14-4-5-15(22-14)16(21)19-8-7-18-10-13(19)12-3-2-6-17-9-12/h2-6,9,13,18H,7-8,10H2,1H3. The first-order valence-electron chi connectivity index (χ1n) is 7.19. The lowest BCUT2D eigenvalue weighted by molar-refractivity contribution is 0.0639. The van der Waals surface area contributed by atoms with Crippen LogP contribution in [0.25, 0.3) is 0 Å². The molecule has 6 heteroatoms. The Balaban J connectivity index is 1.86. The molecule has 3 rings (SSSR count). The van der Waals surface area contributed by atoms with Gasteiger partial charge in [0.2, 0.25) is 0 Å². The van der Waals surface area contributed by atoms with Gasteiger partial charge < -0.3 is 10.2 Å². The van der Waals surface area contributed by atoms with Crippen LogP contribution in [0.4, 0.5) is 0 Å². The van der Waals surface area contributed by atoms with Crippen LogP contribution in [0, 0.1) is 0 Å². The topological polar surface area (TPSA) is 62.3 Å². The number of hydrogen-bond acceptors (Lipinski definition) is 5. The molecule has 1 N–H and O–H groups in total. The summed E-state index contributed by atoms with van der Waals surface area (Å²) in [5.74, 6) is -0.0268. The SMILES string of the molecule is CC(=O)c1ccc(C(=O)N2CCNCC2c2cccnc2)s1. The number of rotatable bonds is 3. The third-order valence-electron chi connectivity index (χ3n) is 3.74. The zero-order valence-electron chi connectivity index (χ0n) is 12.3. The fourth-order valence-electron chi connectivity index (χ4n) is 2.60. The van der Waals surface area contributed by atoms with Crippen molar-refractivity contribution in [3.05, 3.63) is 52.0 Å². The van der Waals surface area contributed by atoms with E-state index >= 15 is 0 Å². The second kappa shape index (κ2) is 6.37. The molecule has 2 aromatic heterocycles. The fourth-order valence-corrected chi connectivity index (χ4v) is 3.46. The number of aromatic nitrogens is 1. The number of carbonyl (C=O) groups is 2. The van der Waals surface area contributed by atoms with Gasteiger partial charge in [0.25, 0.3) is 5.91 Å². The number of amides is 1. The van der Waals surface area contributed by atoms with E-state index in [-0.39, 0.29) is 17.7 Å². The minimum atomic E-state index is -0.0298. The fraction of sp³-hybridized carbons (Fsp3) is 0.312. The molecule has 2 aromatic rings. The largest absolute Gasteiger partial charge is 0.328 e. The molecular weight excluding hydrogens is 298 g/mol. The van der Waals surface area contributed by atoms with E-state index in [1.165, 1.54) is 18.3 Å². The highest BCUT2D eigenvalue weighted by Gasteiger charge is 2.29. The van der Waals surface area contributed by atoms with Crippen molar-refractivity contribution in [3.63, 3.8) is 0 Å². The van der Waals surface area contributed by atoms with E-state index in [0.29, 0.717) is 22.8 Å². The second-order valence-electron chi connectivity index (χ2n) is 5.22. The van der Waals surface area contributed by atoms with Crippen LogP contribution in [0.2, 0.25) is 0 Å². The van der Waals surface area contributed by atoms with E-state index in [0.717, 1.165) is 12.1 Å². The number of carbonyl (C=O) groups excluding carboxylic acids is 2. The summed E-state index contributed by atoms with van der Waals surface area (Å²) in [5.41, 5.74) is 1.02. The summed E-state index contributed by atoms with van der Waals surface area (Å²) in [6.45, 7) is 3.64. The van der Waals surface area contributed by atoms with E-state index in [9.17, 15) is 9.59 Å². The first kappa shape index (κ1) is 14.9. The van der Waals surface area contributed by atoms with Crippen LogP contribution in [0.15, 0.2) is 36.7 Å². The maximum atomic E-state index is 12.8. The number of nitrogens with one attached hydrogen (secondary N) is 1. The molecule has 0 spiro atoms. The molecular formula is C16H17N3O2S. The van der Waals surface area contributed by atoms with Gasteiger partial charge in [0.1, 0.15) is 0 Å². The Bertz CT molecular complexity index is 684. The first-order valence-corrected chi connectivity index (χ1v) is 8.01. The molecule has 1 fully saturated rings. The minimum Gasteiger partial charge on any atom is -0.328 e. The molecule has 1 saturated heterocycles. The summed E-state index contributed by atoms with van der Waals surface area (Å²) in [6, 6.07) is 7.30. The highest BCUT2D eigenvalue weighted by Crippen LogP contribution is 2.26. The first-order chi connectivity index (χ1) is 10.7. The van der Waals surface area contributed by atoms with Gasteiger partial charge in [-0.2, -0.15) is 0 Å². The summed E-state index contributed by atoms with van der Waals surface area (Å²) < 4.78 is 0. The predicted molar refractivity (Wildman–Crippen MR) is 85.2 cm³/mol. The van der Waals surface area contributed by atoms with Crippen molar-refractivity contribution in [2.75, 3.05) is 19.6 Å². The summed E-state index contributed by atoms with van der Waals surface area (Å²) in [7, 11) is 0. The van der Waals surface area contributed by atoms with Crippen LogP contribution < -0.4 is 5.32 Å². The van der Waals surface area contributed by atoms with Crippen LogP contribution in [-0.2, 0) is 0 Å². The number of hydrogen-bond donors (Lipinski definition) is 1. The van der Waals surface area contributed by atoms with Crippen LogP contribution in [0.1, 0.15) is 37.9 Å². The number of pyridine rings is 1. The van der Waals surface area contributed by atoms with Gasteiger partial charge in [-0.25, -0.2) is 0 Å². The number of Topliss-reactive ketones (excluding diaryl/α,β-unsaturated/α-hetero) is 1. The molecule has 1 unspecified atom stereocenters. The molecule has 0 saturated carbocycles. The smallest absolute Gasteiger partial charge is 0.264 e. The van der Waals surface area contributed by atoms with Gasteiger partial charge >= 0.3 is 0 Å². The molecule has 1 aliphatic heterocycles. The third kappa shape index (κ3) is 2.93. The predicted octanol–water partition coefficient (Wildman–Crippen LogP) is 2.13. The highest BCUT2D eigenvalue weighted by atomic mass is 32.1. The van der Waals surface area contributed by atoms with Gasteiger partial charge in [0.05, 0.1) is 15.8 Å². The Morgan fingerprint density at radius 3 is 2.82 bits per heavy atom. The van der Waals surface area contributed by atoms with Crippen molar-refractivity contribution < 1.29 is 9.59 Å². The molecule has 114 valence electrons. The Labute approximate surface area is 133 Å². The van der Waals surface area contributed by atoms with Crippen molar-refractivity contribution >= 4 is 23.0 Å². The van der Waals surface area contributed by atoms with Crippen molar-refractivity contribution in [3.8, 4) is 0 Å². The molecule has 1 atom stereocenters. The van der Waals surface area contributed by atoms with Gasteiger partial charge in [-0.15, -0.1) is 11.3 Å². The molecule has 5 nitrogen and oxygen atoms in total. The highest BCUT2D eigenvalue weighted by molar-refractivity contribution is 7.15. The Morgan fingerprint density at radius 1 is 1.32 bits per heavy atom. The van der Waals surface area contributed by atoms with Gasteiger partial charge in [-0.3, -0.25) is 14.6 Å². The van der Waals surface area contributed by atoms with Crippen LogP contribution in [-0.4, -0.2) is 41.2 Å². The summed E-state index contributed by atoms with van der Waals surface area (Å²) >= 11 is 1.26. The van der Waals surface area contributed by atoms with E-state index in [4.69, 9.17) is 0 Å². The minimum absolute atomic E-state index is 0.00632. The summed E-state index contributed by atoms with van der Waals surface area (Å²) in [5, 5.41) is 3.32. The molecule has 0 aliphatic carbocycles. The van der Waals surface area contributed by atoms with Gasteiger partial charge in [-0.05, 0) is 30.7 Å². The average molecular weight is 315 g/mol. The maximum absolute atomic E-state index is 12.8. The van der Waals surface area contributed by atoms with E-state index < -0.39 is 0 Å². The Morgan fingerprint density at radius 2 is 2.14 bits per heavy atom. The quantitative estimate of drug-likeness (QED) is 0.882. The van der Waals surface area contributed by atoms with E-state index in [2.05, 4.69) is 10.3 Å². The molecule has 3 heterocycles. The van der Waals surface area contributed by atoms with Crippen LogP contribution in [0.5, 0.6) is 0 Å². The number of nitrogens with zero attached hydrogens (tertiary/aromatic N) is 2. The van der Waals surface area contributed by atoms with E-state index in [1.807, 2.05) is 17.0 Å². The summed E-state index contributed by atoms with van der Waals surface area (Å²) in [6.07, 6.45) is 3.53. The zero-order valence-corrected chi connectivity index (χ0v) is 13.1. The molecule has 1 amide bonds. The Hall–Kier alpha value is -2.05. The maximum Gasteiger partial charge on any atom is 0.264 e. The van der Waals surface area contributed by atoms with Crippen molar-refractivity contribution in [1.82, 2.24) is 15.2 Å². The Kier molecular flexibility index (Phi) is 4.31.